The maximum Gasteiger partial charge on any atom is 0.252 e. The molecule has 0 unspecified atom stereocenters. The quantitative estimate of drug-likeness (QED) is 0.787. The van der Waals surface area contributed by atoms with Crippen LogP contribution >= 0.6 is 22.9 Å². The Kier molecular flexibility index (Phi) is 3.27. The largest absolute Gasteiger partial charge is 0.252 e. The van der Waals surface area contributed by atoms with Crippen molar-refractivity contribution in [1.29, 1.82) is 0 Å². The van der Waals surface area contributed by atoms with Crippen LogP contribution in [0.5, 0.6) is 0 Å². The molecule has 1 aromatic heterocycles. The second-order valence-electron chi connectivity index (χ2n) is 1.96. The van der Waals surface area contributed by atoms with E-state index in [-0.39, 0.29) is 15.2 Å². The lowest BCUT2D eigenvalue weighted by atomic mass is 10.7. The van der Waals surface area contributed by atoms with Crippen molar-refractivity contribution in [2.75, 3.05) is 6.54 Å². The molecule has 1 N–H and O–H groups in total. The van der Waals surface area contributed by atoms with Crippen molar-refractivity contribution in [2.24, 2.45) is 0 Å². The van der Waals surface area contributed by atoms with E-state index in [1.54, 1.807) is 0 Å². The predicted molar refractivity (Wildman–Crippen MR) is 51.1 cm³/mol. The van der Waals surface area contributed by atoms with Crippen LogP contribution in [0, 0.1) is 12.3 Å². The Balaban J connectivity index is 2.89. The molecule has 0 bridgehead atoms. The minimum Gasteiger partial charge on any atom is -0.232 e. The molecule has 0 radical (unpaired) electrons. The smallest absolute Gasteiger partial charge is 0.232 e. The third kappa shape index (κ3) is 2.67. The fourth-order valence-electron chi connectivity index (χ4n) is 0.571. The summed E-state index contributed by atoms with van der Waals surface area (Å²) in [6.45, 7) is -0.0438. The van der Waals surface area contributed by atoms with Gasteiger partial charge in [0.25, 0.3) is 10.0 Å². The molecule has 70 valence electrons. The number of nitrogens with one attached hydrogen (secondary N) is 1. The molecule has 4 nitrogen and oxygen atoms in total. The summed E-state index contributed by atoms with van der Waals surface area (Å²) in [5.74, 6) is 2.16. The van der Waals surface area contributed by atoms with E-state index in [4.69, 9.17) is 18.0 Å². The molecule has 0 fully saturated rings. The average Bonchev–Trinajstić information content (AvgIpc) is 2.49. The Morgan fingerprint density at radius 3 is 2.92 bits per heavy atom. The van der Waals surface area contributed by atoms with Crippen molar-refractivity contribution in [3.63, 3.8) is 0 Å². The van der Waals surface area contributed by atoms with Crippen LogP contribution in [-0.4, -0.2) is 19.9 Å². The minimum atomic E-state index is -3.52. The lowest BCUT2D eigenvalue weighted by Crippen LogP contribution is -2.22. The van der Waals surface area contributed by atoms with Gasteiger partial charge in [0.2, 0.25) is 0 Å². The van der Waals surface area contributed by atoms with Crippen molar-refractivity contribution >= 4 is 33.0 Å². The third-order valence-electron chi connectivity index (χ3n) is 1.09. The average molecular weight is 237 g/mol. The molecule has 1 aromatic rings. The minimum absolute atomic E-state index is 0.0438. The summed E-state index contributed by atoms with van der Waals surface area (Å²) >= 11 is 6.36. The van der Waals surface area contributed by atoms with Gasteiger partial charge in [0.1, 0.15) is 0 Å². The molecule has 0 aliphatic heterocycles. The molecule has 0 aliphatic rings. The molecule has 0 amide bonds. The Labute approximate surface area is 85.0 Å². The van der Waals surface area contributed by atoms with Crippen LogP contribution in [0.25, 0.3) is 0 Å². The maximum absolute atomic E-state index is 11.3. The molecule has 13 heavy (non-hydrogen) atoms. The van der Waals surface area contributed by atoms with Gasteiger partial charge in [0.15, 0.2) is 8.68 Å². The van der Waals surface area contributed by atoms with Crippen molar-refractivity contribution in [2.45, 2.75) is 4.21 Å². The summed E-state index contributed by atoms with van der Waals surface area (Å²) in [6, 6.07) is 0. The Bertz CT molecular complexity index is 432. The normalized spacial score (nSPS) is 11.1. The highest BCUT2D eigenvalue weighted by atomic mass is 35.5. The number of thiazole rings is 1. The molecule has 0 saturated carbocycles. The van der Waals surface area contributed by atoms with Gasteiger partial charge in [-0.3, -0.25) is 0 Å². The van der Waals surface area contributed by atoms with Crippen LogP contribution in [0.2, 0.25) is 4.47 Å². The number of terminal acetylenes is 1. The molecular formula is C6H5ClN2O2S2. The fourth-order valence-corrected chi connectivity index (χ4v) is 2.84. The molecule has 1 heterocycles. The molecule has 0 saturated heterocycles. The first kappa shape index (κ1) is 10.5. The molecule has 0 aromatic carbocycles. The van der Waals surface area contributed by atoms with Crippen molar-refractivity contribution in [1.82, 2.24) is 9.71 Å². The number of rotatable bonds is 3. The van der Waals surface area contributed by atoms with E-state index in [0.717, 1.165) is 11.3 Å². The Morgan fingerprint density at radius 1 is 1.77 bits per heavy atom. The fraction of sp³-hybridized carbons (Fsp3) is 0.167. The van der Waals surface area contributed by atoms with Crippen LogP contribution < -0.4 is 4.72 Å². The molecule has 1 rings (SSSR count). The lowest BCUT2D eigenvalue weighted by molar-refractivity contribution is 0.588. The number of hydrogen-bond acceptors (Lipinski definition) is 4. The zero-order chi connectivity index (χ0) is 9.90. The first-order valence-corrected chi connectivity index (χ1v) is 5.78. The highest BCUT2D eigenvalue weighted by molar-refractivity contribution is 7.91. The van der Waals surface area contributed by atoms with E-state index >= 15 is 0 Å². The maximum atomic E-state index is 11.3. The molecular weight excluding hydrogens is 232 g/mol. The molecule has 7 heteroatoms. The van der Waals surface area contributed by atoms with E-state index < -0.39 is 10.0 Å². The zero-order valence-electron chi connectivity index (χ0n) is 6.32. The van der Waals surface area contributed by atoms with Gasteiger partial charge < -0.3 is 0 Å². The van der Waals surface area contributed by atoms with E-state index in [9.17, 15) is 8.42 Å². The third-order valence-corrected chi connectivity index (χ3v) is 4.06. The van der Waals surface area contributed by atoms with Crippen molar-refractivity contribution in [3.8, 4) is 12.3 Å². The number of sulfonamides is 1. The second kappa shape index (κ2) is 4.07. The first-order valence-electron chi connectivity index (χ1n) is 3.11. The van der Waals surface area contributed by atoms with E-state index in [0.29, 0.717) is 0 Å². The summed E-state index contributed by atoms with van der Waals surface area (Å²) in [7, 11) is -3.52. The van der Waals surface area contributed by atoms with Crippen LogP contribution in [0.3, 0.4) is 0 Å². The number of halogens is 1. The lowest BCUT2D eigenvalue weighted by Gasteiger charge is -1.97. The summed E-state index contributed by atoms with van der Waals surface area (Å²) in [5, 5.41) is 0. The van der Waals surface area contributed by atoms with Crippen LogP contribution in [0.4, 0.5) is 0 Å². The molecule has 0 spiro atoms. The monoisotopic (exact) mass is 236 g/mol. The predicted octanol–water partition coefficient (Wildman–Crippen LogP) is 0.708. The van der Waals surface area contributed by atoms with Crippen molar-refractivity contribution < 1.29 is 8.42 Å². The van der Waals surface area contributed by atoms with Gasteiger partial charge >= 0.3 is 0 Å². The van der Waals surface area contributed by atoms with Crippen molar-refractivity contribution in [3.05, 3.63) is 10.7 Å². The van der Waals surface area contributed by atoms with Gasteiger partial charge in [-0.25, -0.2) is 13.4 Å². The zero-order valence-corrected chi connectivity index (χ0v) is 8.71. The summed E-state index contributed by atoms with van der Waals surface area (Å²) in [5.41, 5.74) is 0. The van der Waals surface area contributed by atoms with Gasteiger partial charge in [-0.1, -0.05) is 28.9 Å². The SMILES string of the molecule is C#CCNS(=O)(=O)c1cnc(Cl)s1. The molecule has 0 aliphatic carbocycles. The van der Waals surface area contributed by atoms with Crippen LogP contribution in [0.1, 0.15) is 0 Å². The second-order valence-corrected chi connectivity index (χ2v) is 5.57. The molecule has 0 atom stereocenters. The number of aromatic nitrogens is 1. The van der Waals surface area contributed by atoms with E-state index in [1.165, 1.54) is 6.20 Å². The Hall–Kier alpha value is -0.610. The first-order chi connectivity index (χ1) is 6.06. The summed E-state index contributed by atoms with van der Waals surface area (Å²) in [6.07, 6.45) is 6.09. The van der Waals surface area contributed by atoms with E-state index in [2.05, 4.69) is 15.6 Å². The van der Waals surface area contributed by atoms with Gasteiger partial charge in [-0.05, 0) is 0 Å². The van der Waals surface area contributed by atoms with Crippen LogP contribution in [-0.2, 0) is 10.0 Å². The van der Waals surface area contributed by atoms with Gasteiger partial charge in [0.05, 0.1) is 12.7 Å². The standard InChI is InChI=1S/C6H5ClN2O2S2/c1-2-3-9-13(10,11)5-4-8-6(7)12-5/h1,4,9H,3H2. The summed E-state index contributed by atoms with van der Waals surface area (Å²) < 4.78 is 25.0. The number of hydrogen-bond donors (Lipinski definition) is 1. The van der Waals surface area contributed by atoms with E-state index in [1.807, 2.05) is 0 Å². The Morgan fingerprint density at radius 2 is 2.46 bits per heavy atom. The summed E-state index contributed by atoms with van der Waals surface area (Å²) in [4.78, 5) is 3.60. The van der Waals surface area contributed by atoms with Gasteiger partial charge in [-0.2, -0.15) is 4.72 Å². The highest BCUT2D eigenvalue weighted by Gasteiger charge is 2.15. The van der Waals surface area contributed by atoms with Gasteiger partial charge in [0, 0.05) is 0 Å². The van der Waals surface area contributed by atoms with Crippen LogP contribution in [0.15, 0.2) is 10.4 Å². The topological polar surface area (TPSA) is 59.1 Å². The highest BCUT2D eigenvalue weighted by Crippen LogP contribution is 2.21. The van der Waals surface area contributed by atoms with Gasteiger partial charge in [-0.15, -0.1) is 6.42 Å². The number of nitrogens with zero attached hydrogens (tertiary/aromatic N) is 1.